The number of aryl methyl sites for hydroxylation is 1. The molecule has 1 heterocycles. The quantitative estimate of drug-likeness (QED) is 0.682. The Morgan fingerprint density at radius 3 is 2.65 bits per heavy atom. The molecule has 2 aromatic carbocycles. The maximum Gasteiger partial charge on any atom is 0.325 e. The summed E-state index contributed by atoms with van der Waals surface area (Å²) < 4.78 is 5.07. The Morgan fingerprint density at radius 1 is 1.12 bits per heavy atom. The van der Waals surface area contributed by atoms with Gasteiger partial charge in [-0.2, -0.15) is 0 Å². The molecule has 132 valence electrons. The highest BCUT2D eigenvalue weighted by molar-refractivity contribution is 5.95. The Kier molecular flexibility index (Phi) is 5.07. The molecule has 1 amide bonds. The van der Waals surface area contributed by atoms with Gasteiger partial charge in [0.2, 0.25) is 0 Å². The summed E-state index contributed by atoms with van der Waals surface area (Å²) in [6.45, 7) is 1.40. The number of esters is 1. The molecule has 1 aromatic heterocycles. The summed E-state index contributed by atoms with van der Waals surface area (Å²) in [5.41, 5.74) is 1.59. The summed E-state index contributed by atoms with van der Waals surface area (Å²) >= 11 is 0. The molecule has 0 unspecified atom stereocenters. The van der Waals surface area contributed by atoms with Crippen LogP contribution in [-0.4, -0.2) is 28.4 Å². The van der Waals surface area contributed by atoms with Gasteiger partial charge >= 0.3 is 5.97 Å². The van der Waals surface area contributed by atoms with E-state index in [2.05, 4.69) is 15.3 Å². The van der Waals surface area contributed by atoms with Gasteiger partial charge in [0.1, 0.15) is 19.0 Å². The zero-order valence-corrected chi connectivity index (χ0v) is 14.1. The molecular weight excluding hydrogens is 334 g/mol. The second-order valence-electron chi connectivity index (χ2n) is 5.69. The molecule has 0 saturated heterocycles. The lowest BCUT2D eigenvalue weighted by Gasteiger charge is -2.07. The van der Waals surface area contributed by atoms with E-state index < -0.39 is 5.97 Å². The largest absolute Gasteiger partial charge is 0.456 e. The van der Waals surface area contributed by atoms with E-state index >= 15 is 0 Å². The number of ether oxygens (including phenoxy) is 1. The van der Waals surface area contributed by atoms with Gasteiger partial charge in [0.25, 0.3) is 11.5 Å². The van der Waals surface area contributed by atoms with E-state index in [1.807, 2.05) is 13.0 Å². The zero-order valence-electron chi connectivity index (χ0n) is 14.1. The number of carbonyl (C=O) groups excluding carboxylic acids is 2. The molecular formula is C19H17N3O4. The lowest BCUT2D eigenvalue weighted by atomic mass is 10.1. The molecule has 3 aromatic rings. The molecule has 0 fully saturated rings. The monoisotopic (exact) mass is 351 g/mol. The highest BCUT2D eigenvalue weighted by Gasteiger charge is 2.10. The maximum absolute atomic E-state index is 12.1. The molecule has 0 atom stereocenters. The van der Waals surface area contributed by atoms with Gasteiger partial charge in [0.15, 0.2) is 0 Å². The molecule has 0 radical (unpaired) electrons. The van der Waals surface area contributed by atoms with Crippen LogP contribution in [0.1, 0.15) is 21.7 Å². The van der Waals surface area contributed by atoms with Crippen molar-refractivity contribution >= 4 is 22.8 Å². The van der Waals surface area contributed by atoms with Crippen molar-refractivity contribution in [2.45, 2.75) is 13.5 Å². The fraction of sp³-hybridized carbons (Fsp3) is 0.158. The average Bonchev–Trinajstić information content (AvgIpc) is 2.66. The zero-order chi connectivity index (χ0) is 18.5. The molecule has 7 heteroatoms. The first-order chi connectivity index (χ1) is 12.5. The van der Waals surface area contributed by atoms with Crippen LogP contribution in [0.5, 0.6) is 0 Å². The molecule has 3 rings (SSSR count). The predicted octanol–water partition coefficient (Wildman–Crippen LogP) is 1.70. The van der Waals surface area contributed by atoms with Crippen LogP contribution >= 0.6 is 0 Å². The lowest BCUT2D eigenvalue weighted by molar-refractivity contribution is -0.143. The molecule has 2 N–H and O–H groups in total. The first kappa shape index (κ1) is 17.3. The minimum Gasteiger partial charge on any atom is -0.456 e. The average molecular weight is 351 g/mol. The molecule has 0 aliphatic rings. The molecule has 0 saturated carbocycles. The van der Waals surface area contributed by atoms with Crippen LogP contribution in [0.15, 0.2) is 53.3 Å². The number of H-pyrrole nitrogens is 1. The summed E-state index contributed by atoms with van der Waals surface area (Å²) in [6, 6.07) is 13.9. The van der Waals surface area contributed by atoms with E-state index in [0.717, 1.165) is 5.56 Å². The molecule has 0 spiro atoms. The maximum atomic E-state index is 12.1. The Bertz CT molecular complexity index is 1010. The third-order valence-corrected chi connectivity index (χ3v) is 3.79. The number of para-hydroxylation sites is 1. The normalized spacial score (nSPS) is 10.5. The van der Waals surface area contributed by atoms with E-state index in [1.165, 1.54) is 0 Å². The Hall–Kier alpha value is -3.48. The van der Waals surface area contributed by atoms with E-state index in [1.54, 1.807) is 42.5 Å². The van der Waals surface area contributed by atoms with E-state index in [9.17, 15) is 14.4 Å². The van der Waals surface area contributed by atoms with Gasteiger partial charge in [-0.3, -0.25) is 14.4 Å². The number of hydrogen-bond donors (Lipinski definition) is 2. The van der Waals surface area contributed by atoms with Crippen LogP contribution in [0, 0.1) is 6.92 Å². The van der Waals surface area contributed by atoms with E-state index in [-0.39, 0.29) is 30.4 Å². The summed E-state index contributed by atoms with van der Waals surface area (Å²) in [5, 5.41) is 2.96. The first-order valence-corrected chi connectivity index (χ1v) is 8.02. The van der Waals surface area contributed by atoms with Crippen LogP contribution in [0.25, 0.3) is 10.9 Å². The van der Waals surface area contributed by atoms with Crippen molar-refractivity contribution in [3.63, 3.8) is 0 Å². The SMILES string of the molecule is Cc1cccc2c(=O)[nH]c(COC(=O)CNC(=O)c3ccccc3)nc12. The third-order valence-electron chi connectivity index (χ3n) is 3.79. The predicted molar refractivity (Wildman–Crippen MR) is 95.7 cm³/mol. The standard InChI is InChI=1S/C19H17N3O4/c1-12-6-5-9-14-17(12)21-15(22-19(14)25)11-26-16(23)10-20-18(24)13-7-3-2-4-8-13/h2-9H,10-11H2,1H3,(H,20,24)(H,21,22,25). The highest BCUT2D eigenvalue weighted by Crippen LogP contribution is 2.12. The molecule has 0 aliphatic carbocycles. The minimum absolute atomic E-state index is 0.181. The number of nitrogens with one attached hydrogen (secondary N) is 2. The second-order valence-corrected chi connectivity index (χ2v) is 5.69. The number of amides is 1. The van der Waals surface area contributed by atoms with E-state index in [0.29, 0.717) is 16.5 Å². The van der Waals surface area contributed by atoms with Crippen LogP contribution in [-0.2, 0) is 16.1 Å². The fourth-order valence-corrected chi connectivity index (χ4v) is 2.46. The van der Waals surface area contributed by atoms with Crippen LogP contribution in [0.3, 0.4) is 0 Å². The van der Waals surface area contributed by atoms with E-state index in [4.69, 9.17) is 4.74 Å². The summed E-state index contributed by atoms with van der Waals surface area (Å²) in [5.74, 6) is -0.739. The van der Waals surface area contributed by atoms with Gasteiger partial charge in [-0.05, 0) is 30.7 Å². The number of hydrogen-bond acceptors (Lipinski definition) is 5. The number of fused-ring (bicyclic) bond motifs is 1. The van der Waals surface area contributed by atoms with Crippen molar-refractivity contribution in [1.29, 1.82) is 0 Å². The second kappa shape index (κ2) is 7.60. The number of benzene rings is 2. The van der Waals surface area contributed by atoms with Crippen molar-refractivity contribution in [2.75, 3.05) is 6.54 Å². The van der Waals surface area contributed by atoms with Gasteiger partial charge in [0.05, 0.1) is 10.9 Å². The van der Waals surface area contributed by atoms with Crippen molar-refractivity contribution < 1.29 is 14.3 Å². The van der Waals surface area contributed by atoms with Crippen molar-refractivity contribution in [3.8, 4) is 0 Å². The fourth-order valence-electron chi connectivity index (χ4n) is 2.46. The Balaban J connectivity index is 1.59. The molecule has 26 heavy (non-hydrogen) atoms. The number of aromatic nitrogens is 2. The van der Waals surface area contributed by atoms with Gasteiger partial charge < -0.3 is 15.0 Å². The topological polar surface area (TPSA) is 101 Å². The molecule has 0 aliphatic heterocycles. The third kappa shape index (κ3) is 3.94. The van der Waals surface area contributed by atoms with Gasteiger partial charge in [-0.25, -0.2) is 4.98 Å². The number of aromatic amines is 1. The Labute approximate surface area is 149 Å². The van der Waals surface area contributed by atoms with Crippen LogP contribution < -0.4 is 10.9 Å². The first-order valence-electron chi connectivity index (χ1n) is 8.02. The summed E-state index contributed by atoms with van der Waals surface area (Å²) in [7, 11) is 0. The van der Waals surface area contributed by atoms with Crippen molar-refractivity contribution in [3.05, 3.63) is 75.8 Å². The minimum atomic E-state index is -0.623. The summed E-state index contributed by atoms with van der Waals surface area (Å²) in [4.78, 5) is 42.7. The lowest BCUT2D eigenvalue weighted by Crippen LogP contribution is -2.30. The van der Waals surface area contributed by atoms with Gasteiger partial charge in [0, 0.05) is 5.56 Å². The smallest absolute Gasteiger partial charge is 0.325 e. The number of carbonyl (C=O) groups is 2. The van der Waals surface area contributed by atoms with Gasteiger partial charge in [-0.1, -0.05) is 30.3 Å². The van der Waals surface area contributed by atoms with Crippen molar-refractivity contribution in [2.24, 2.45) is 0 Å². The van der Waals surface area contributed by atoms with Gasteiger partial charge in [-0.15, -0.1) is 0 Å². The van der Waals surface area contributed by atoms with Crippen molar-refractivity contribution in [1.82, 2.24) is 15.3 Å². The Morgan fingerprint density at radius 2 is 1.88 bits per heavy atom. The number of rotatable bonds is 5. The molecule has 7 nitrogen and oxygen atoms in total. The summed E-state index contributed by atoms with van der Waals surface area (Å²) in [6.07, 6.45) is 0. The number of nitrogens with zero attached hydrogens (tertiary/aromatic N) is 1. The highest BCUT2D eigenvalue weighted by atomic mass is 16.5. The van der Waals surface area contributed by atoms with Crippen LogP contribution in [0.2, 0.25) is 0 Å². The molecule has 0 bridgehead atoms. The van der Waals surface area contributed by atoms with Crippen LogP contribution in [0.4, 0.5) is 0 Å².